The van der Waals surface area contributed by atoms with Gasteiger partial charge in [0, 0.05) is 25.7 Å². The lowest BCUT2D eigenvalue weighted by Crippen LogP contribution is -2.45. The number of hydrogen-bond acceptors (Lipinski definition) is 6. The molecule has 3 unspecified atom stereocenters. The molecule has 2 saturated carbocycles. The summed E-state index contributed by atoms with van der Waals surface area (Å²) < 4.78 is 27.5. The van der Waals surface area contributed by atoms with Gasteiger partial charge in [0.15, 0.2) is 9.84 Å². The Morgan fingerprint density at radius 3 is 2.67 bits per heavy atom. The van der Waals surface area contributed by atoms with Gasteiger partial charge in [-0.05, 0) is 68.8 Å². The van der Waals surface area contributed by atoms with Gasteiger partial charge in [-0.25, -0.2) is 18.4 Å². The molecule has 0 spiro atoms. The van der Waals surface area contributed by atoms with Gasteiger partial charge in [0.05, 0.1) is 22.0 Å². The fourth-order valence-corrected chi connectivity index (χ4v) is 8.35. The van der Waals surface area contributed by atoms with Gasteiger partial charge in [-0.2, -0.15) is 5.26 Å². The summed E-state index contributed by atoms with van der Waals surface area (Å²) in [7, 11) is -3.31. The first-order chi connectivity index (χ1) is 15.8. The normalized spacial score (nSPS) is 20.5. The van der Waals surface area contributed by atoms with E-state index in [-0.39, 0.29) is 22.5 Å². The molecule has 0 bridgehead atoms. The molecule has 3 atom stereocenters. The van der Waals surface area contributed by atoms with Crippen LogP contribution in [0.5, 0.6) is 0 Å². The molecule has 0 radical (unpaired) electrons. The van der Waals surface area contributed by atoms with Crippen molar-refractivity contribution >= 4 is 26.7 Å². The number of nitriles is 1. The maximum Gasteiger partial charge on any atom is 0.156 e. The topological polar surface area (TPSA) is 103 Å². The molecule has 2 aromatic rings. The average molecular weight is 472 g/mol. The SMILES string of the molecule is CCCN(CC1(C(C)C(C)S(=O)(=O)C(CCC#N)C2CCC2)CC1)c1ncnc2[nH]ccc12. The Balaban J connectivity index is 1.55. The van der Waals surface area contributed by atoms with E-state index in [1.807, 2.05) is 19.2 Å². The fraction of sp³-hybridized carbons (Fsp3) is 0.720. The van der Waals surface area contributed by atoms with Crippen LogP contribution in [0.4, 0.5) is 5.82 Å². The third-order valence-electron chi connectivity index (χ3n) is 8.35. The van der Waals surface area contributed by atoms with E-state index in [0.717, 1.165) is 68.5 Å². The van der Waals surface area contributed by atoms with Gasteiger partial charge < -0.3 is 9.88 Å². The smallest absolute Gasteiger partial charge is 0.156 e. The molecular weight excluding hydrogens is 434 g/mol. The van der Waals surface area contributed by atoms with Crippen molar-refractivity contribution in [3.8, 4) is 6.07 Å². The third-order valence-corrected chi connectivity index (χ3v) is 11.3. The summed E-state index contributed by atoms with van der Waals surface area (Å²) in [6.07, 6.45) is 10.4. The van der Waals surface area contributed by atoms with Gasteiger partial charge in [0.1, 0.15) is 17.8 Å². The van der Waals surface area contributed by atoms with Crippen LogP contribution in [0, 0.1) is 28.6 Å². The molecule has 2 aromatic heterocycles. The van der Waals surface area contributed by atoms with E-state index >= 15 is 0 Å². The summed E-state index contributed by atoms with van der Waals surface area (Å²) in [5.74, 6) is 1.21. The fourth-order valence-electron chi connectivity index (χ4n) is 5.68. The summed E-state index contributed by atoms with van der Waals surface area (Å²) >= 11 is 0. The van der Waals surface area contributed by atoms with Crippen molar-refractivity contribution in [1.82, 2.24) is 15.0 Å². The number of nitrogens with one attached hydrogen (secondary N) is 1. The molecule has 2 aliphatic carbocycles. The lowest BCUT2D eigenvalue weighted by Gasteiger charge is -2.39. The first-order valence-corrected chi connectivity index (χ1v) is 14.1. The molecular formula is C25H37N5O2S. The van der Waals surface area contributed by atoms with Gasteiger partial charge in [0.2, 0.25) is 0 Å². The van der Waals surface area contributed by atoms with Crippen LogP contribution >= 0.6 is 0 Å². The molecule has 2 aliphatic rings. The number of hydrogen-bond donors (Lipinski definition) is 1. The lowest BCUT2D eigenvalue weighted by molar-refractivity contribution is 0.282. The van der Waals surface area contributed by atoms with E-state index in [9.17, 15) is 8.42 Å². The van der Waals surface area contributed by atoms with Gasteiger partial charge >= 0.3 is 0 Å². The number of fused-ring (bicyclic) bond motifs is 1. The molecule has 180 valence electrons. The van der Waals surface area contributed by atoms with Crippen LogP contribution in [-0.4, -0.2) is 47.0 Å². The monoisotopic (exact) mass is 471 g/mol. The minimum atomic E-state index is -3.31. The first-order valence-electron chi connectivity index (χ1n) is 12.5. The van der Waals surface area contributed by atoms with Gasteiger partial charge in [-0.15, -0.1) is 0 Å². The minimum absolute atomic E-state index is 0.0192. The molecule has 2 fully saturated rings. The van der Waals surface area contributed by atoms with Crippen LogP contribution in [-0.2, 0) is 9.84 Å². The van der Waals surface area contributed by atoms with E-state index in [4.69, 9.17) is 5.26 Å². The summed E-state index contributed by atoms with van der Waals surface area (Å²) in [6, 6.07) is 4.18. The number of nitrogens with zero attached hydrogens (tertiary/aromatic N) is 4. The predicted molar refractivity (Wildman–Crippen MR) is 132 cm³/mol. The third kappa shape index (κ3) is 4.62. The number of aromatic amines is 1. The molecule has 2 heterocycles. The molecule has 8 heteroatoms. The highest BCUT2D eigenvalue weighted by molar-refractivity contribution is 7.92. The highest BCUT2D eigenvalue weighted by atomic mass is 32.2. The Morgan fingerprint density at radius 2 is 2.06 bits per heavy atom. The van der Waals surface area contributed by atoms with Crippen LogP contribution in [0.15, 0.2) is 18.6 Å². The van der Waals surface area contributed by atoms with Crippen LogP contribution in [0.25, 0.3) is 11.0 Å². The zero-order chi connectivity index (χ0) is 23.6. The number of H-pyrrole nitrogens is 1. The van der Waals surface area contributed by atoms with Gasteiger partial charge in [-0.1, -0.05) is 20.3 Å². The number of rotatable bonds is 12. The van der Waals surface area contributed by atoms with E-state index in [1.165, 1.54) is 0 Å². The van der Waals surface area contributed by atoms with Crippen LogP contribution in [0.3, 0.4) is 0 Å². The summed E-state index contributed by atoms with van der Waals surface area (Å²) in [6.45, 7) is 7.90. The summed E-state index contributed by atoms with van der Waals surface area (Å²) in [5, 5.41) is 9.33. The zero-order valence-electron chi connectivity index (χ0n) is 20.1. The van der Waals surface area contributed by atoms with Crippen molar-refractivity contribution in [3.05, 3.63) is 18.6 Å². The second-order valence-electron chi connectivity index (χ2n) is 10.2. The second kappa shape index (κ2) is 9.61. The summed E-state index contributed by atoms with van der Waals surface area (Å²) in [4.78, 5) is 14.4. The zero-order valence-corrected chi connectivity index (χ0v) is 20.9. The van der Waals surface area contributed by atoms with Crippen molar-refractivity contribution in [2.24, 2.45) is 17.3 Å². The maximum atomic E-state index is 13.8. The van der Waals surface area contributed by atoms with Gasteiger partial charge in [-0.3, -0.25) is 0 Å². The first kappa shape index (κ1) is 24.0. The molecule has 4 rings (SSSR count). The highest BCUT2D eigenvalue weighted by Gasteiger charge is 2.53. The molecule has 0 amide bonds. The highest BCUT2D eigenvalue weighted by Crippen LogP contribution is 2.55. The number of aromatic nitrogens is 3. The summed E-state index contributed by atoms with van der Waals surface area (Å²) in [5.41, 5.74) is 0.810. The van der Waals surface area contributed by atoms with E-state index in [1.54, 1.807) is 6.33 Å². The Labute approximate surface area is 197 Å². The number of sulfone groups is 1. The van der Waals surface area contributed by atoms with Gasteiger partial charge in [0.25, 0.3) is 0 Å². The van der Waals surface area contributed by atoms with E-state index < -0.39 is 15.1 Å². The van der Waals surface area contributed by atoms with Crippen LogP contribution in [0.1, 0.15) is 72.1 Å². The molecule has 33 heavy (non-hydrogen) atoms. The lowest BCUT2D eigenvalue weighted by atomic mass is 9.81. The quantitative estimate of drug-likeness (QED) is 0.474. The van der Waals surface area contributed by atoms with Crippen molar-refractivity contribution in [1.29, 1.82) is 5.26 Å². The van der Waals surface area contributed by atoms with Crippen molar-refractivity contribution < 1.29 is 8.42 Å². The van der Waals surface area contributed by atoms with Crippen molar-refractivity contribution in [2.45, 2.75) is 82.6 Å². The minimum Gasteiger partial charge on any atom is -0.355 e. The second-order valence-corrected chi connectivity index (χ2v) is 12.8. The van der Waals surface area contributed by atoms with E-state index in [0.29, 0.717) is 12.8 Å². The Hall–Kier alpha value is -2.14. The predicted octanol–water partition coefficient (Wildman–Crippen LogP) is 4.87. The Bertz CT molecular complexity index is 1100. The molecule has 0 saturated heterocycles. The molecule has 7 nitrogen and oxygen atoms in total. The maximum absolute atomic E-state index is 13.8. The van der Waals surface area contributed by atoms with E-state index in [2.05, 4.69) is 39.8 Å². The molecule has 1 N–H and O–H groups in total. The van der Waals surface area contributed by atoms with Crippen molar-refractivity contribution in [2.75, 3.05) is 18.0 Å². The standard InChI is InChI=1S/C25H37N5O2S/c1-4-15-30(24-21-10-14-27-23(21)28-17-29-24)16-25(11-12-25)18(2)19(3)33(31,32)22(9-6-13-26)20-7-5-8-20/h10,14,17-20,22H,4-9,11-12,15-16H2,1-3H3,(H,27,28,29). The molecule has 0 aromatic carbocycles. The average Bonchev–Trinajstić information content (AvgIpc) is 3.39. The van der Waals surface area contributed by atoms with Crippen molar-refractivity contribution in [3.63, 3.8) is 0 Å². The van der Waals surface area contributed by atoms with Crippen LogP contribution < -0.4 is 4.90 Å². The Kier molecular flexibility index (Phi) is 6.99. The molecule has 0 aliphatic heterocycles. The number of anilines is 1. The largest absolute Gasteiger partial charge is 0.355 e. The van der Waals surface area contributed by atoms with Crippen LogP contribution in [0.2, 0.25) is 0 Å². The Morgan fingerprint density at radius 1 is 1.30 bits per heavy atom.